The first-order chi connectivity index (χ1) is 10.0. The Balaban J connectivity index is 2.17. The molecule has 1 saturated heterocycles. The van der Waals surface area contributed by atoms with Crippen LogP contribution in [0, 0.1) is 6.92 Å². The molecule has 1 aromatic rings. The number of hydrogen-bond acceptors (Lipinski definition) is 4. The Labute approximate surface area is 132 Å². The third-order valence-corrected chi connectivity index (χ3v) is 6.38. The molecule has 0 spiro atoms. The van der Waals surface area contributed by atoms with Crippen molar-refractivity contribution >= 4 is 21.8 Å². The molecule has 0 aromatic heterocycles. The molecule has 0 amide bonds. The number of aryl methyl sites for hydroxylation is 1. The minimum Gasteiger partial charge on any atom is -0.313 e. The van der Waals surface area contributed by atoms with Crippen molar-refractivity contribution in [3.8, 4) is 0 Å². The van der Waals surface area contributed by atoms with Crippen molar-refractivity contribution in [2.45, 2.75) is 44.2 Å². The smallest absolute Gasteiger partial charge is 0.241 e. The first-order valence-corrected chi connectivity index (χ1v) is 10.1. The van der Waals surface area contributed by atoms with Crippen LogP contribution in [0.1, 0.15) is 30.9 Å². The second kappa shape index (κ2) is 7.63. The highest BCUT2D eigenvalue weighted by molar-refractivity contribution is 7.99. The second-order valence-electron chi connectivity index (χ2n) is 5.39. The van der Waals surface area contributed by atoms with Crippen molar-refractivity contribution in [3.05, 3.63) is 29.3 Å². The Morgan fingerprint density at radius 1 is 1.29 bits per heavy atom. The van der Waals surface area contributed by atoms with Crippen molar-refractivity contribution in [1.29, 1.82) is 0 Å². The van der Waals surface area contributed by atoms with Gasteiger partial charge in [0, 0.05) is 12.6 Å². The van der Waals surface area contributed by atoms with E-state index >= 15 is 0 Å². The Bertz CT molecular complexity index is 567. The van der Waals surface area contributed by atoms with Crippen LogP contribution in [-0.4, -0.2) is 32.5 Å². The van der Waals surface area contributed by atoms with E-state index in [1.165, 1.54) is 0 Å². The summed E-state index contributed by atoms with van der Waals surface area (Å²) in [5, 5.41) is 3.23. The molecule has 4 nitrogen and oxygen atoms in total. The fourth-order valence-electron chi connectivity index (χ4n) is 2.41. The molecule has 0 atom stereocenters. The second-order valence-corrected chi connectivity index (χ2v) is 8.30. The van der Waals surface area contributed by atoms with E-state index in [9.17, 15) is 8.42 Å². The quantitative estimate of drug-likeness (QED) is 0.841. The van der Waals surface area contributed by atoms with Gasteiger partial charge in [0.15, 0.2) is 0 Å². The van der Waals surface area contributed by atoms with E-state index in [0.717, 1.165) is 42.0 Å². The van der Waals surface area contributed by atoms with Gasteiger partial charge in [-0.25, -0.2) is 13.1 Å². The maximum Gasteiger partial charge on any atom is 0.241 e. The number of sulfonamides is 1. The summed E-state index contributed by atoms with van der Waals surface area (Å²) in [4.78, 5) is 0.413. The van der Waals surface area contributed by atoms with Crippen LogP contribution in [0.5, 0.6) is 0 Å². The van der Waals surface area contributed by atoms with Gasteiger partial charge in [-0.2, -0.15) is 11.8 Å². The van der Waals surface area contributed by atoms with E-state index in [1.54, 1.807) is 6.07 Å². The van der Waals surface area contributed by atoms with Gasteiger partial charge >= 0.3 is 0 Å². The predicted molar refractivity (Wildman–Crippen MR) is 89.2 cm³/mol. The summed E-state index contributed by atoms with van der Waals surface area (Å²) in [6, 6.07) is 5.73. The van der Waals surface area contributed by atoms with Gasteiger partial charge in [0.25, 0.3) is 0 Å². The lowest BCUT2D eigenvalue weighted by Crippen LogP contribution is -2.37. The van der Waals surface area contributed by atoms with E-state index in [0.29, 0.717) is 11.4 Å². The first-order valence-electron chi connectivity index (χ1n) is 7.43. The van der Waals surface area contributed by atoms with Crippen LogP contribution >= 0.6 is 11.8 Å². The van der Waals surface area contributed by atoms with Gasteiger partial charge in [-0.05, 0) is 55.0 Å². The molecule has 6 heteroatoms. The third kappa shape index (κ3) is 4.71. The zero-order valence-corrected chi connectivity index (χ0v) is 14.3. The summed E-state index contributed by atoms with van der Waals surface area (Å²) in [5.74, 6) is 2.07. The first kappa shape index (κ1) is 16.8. The molecule has 0 saturated carbocycles. The monoisotopic (exact) mass is 328 g/mol. The molecular formula is C15H24N2O2S2. The largest absolute Gasteiger partial charge is 0.313 e. The molecule has 2 rings (SSSR count). The molecule has 0 unspecified atom stereocenters. The molecule has 1 heterocycles. The Morgan fingerprint density at radius 3 is 2.67 bits per heavy atom. The summed E-state index contributed by atoms with van der Waals surface area (Å²) < 4.78 is 28.1. The van der Waals surface area contributed by atoms with Crippen molar-refractivity contribution in [3.63, 3.8) is 0 Å². The minimum absolute atomic E-state index is 0.0769. The van der Waals surface area contributed by atoms with Crippen LogP contribution in [0.4, 0.5) is 0 Å². The molecule has 1 aromatic carbocycles. The molecule has 1 fully saturated rings. The number of thioether (sulfide) groups is 1. The average molecular weight is 329 g/mol. The fourth-order valence-corrected chi connectivity index (χ4v) is 5.12. The van der Waals surface area contributed by atoms with Crippen LogP contribution in [0.15, 0.2) is 23.1 Å². The highest BCUT2D eigenvalue weighted by Gasteiger charge is 2.23. The van der Waals surface area contributed by atoms with Gasteiger partial charge in [-0.1, -0.05) is 19.1 Å². The number of hydrogen-bond donors (Lipinski definition) is 2. The van der Waals surface area contributed by atoms with Crippen molar-refractivity contribution in [2.75, 3.05) is 18.1 Å². The summed E-state index contributed by atoms with van der Waals surface area (Å²) in [6.07, 6.45) is 1.83. The lowest BCUT2D eigenvalue weighted by molar-refractivity contribution is 0.528. The van der Waals surface area contributed by atoms with Crippen LogP contribution in [-0.2, 0) is 16.6 Å². The standard InChI is InChI=1S/C15H24N2O2S2/c1-3-16-11-13-5-4-12(2)15(10-13)21(18,19)17-14-6-8-20-9-7-14/h4-5,10,14,16-17H,3,6-9,11H2,1-2H3. The molecule has 118 valence electrons. The fraction of sp³-hybridized carbons (Fsp3) is 0.600. The van der Waals surface area contributed by atoms with E-state index in [-0.39, 0.29) is 6.04 Å². The van der Waals surface area contributed by atoms with Gasteiger partial charge in [-0.3, -0.25) is 0 Å². The molecule has 0 radical (unpaired) electrons. The van der Waals surface area contributed by atoms with Gasteiger partial charge in [0.1, 0.15) is 0 Å². The zero-order valence-electron chi connectivity index (χ0n) is 12.7. The maximum absolute atomic E-state index is 12.6. The van der Waals surface area contributed by atoms with E-state index in [4.69, 9.17) is 0 Å². The third-order valence-electron chi connectivity index (χ3n) is 3.66. The summed E-state index contributed by atoms with van der Waals surface area (Å²) in [7, 11) is -3.43. The topological polar surface area (TPSA) is 58.2 Å². The number of nitrogens with one attached hydrogen (secondary N) is 2. The molecule has 1 aliphatic rings. The lowest BCUT2D eigenvalue weighted by atomic mass is 10.1. The Kier molecular flexibility index (Phi) is 6.10. The van der Waals surface area contributed by atoms with E-state index < -0.39 is 10.0 Å². The molecule has 21 heavy (non-hydrogen) atoms. The van der Waals surface area contributed by atoms with Crippen LogP contribution in [0.2, 0.25) is 0 Å². The zero-order chi connectivity index (χ0) is 15.3. The molecule has 2 N–H and O–H groups in total. The molecular weight excluding hydrogens is 304 g/mol. The highest BCUT2D eigenvalue weighted by atomic mass is 32.2. The van der Waals surface area contributed by atoms with Crippen LogP contribution in [0.25, 0.3) is 0 Å². The SMILES string of the molecule is CCNCc1ccc(C)c(S(=O)(=O)NC2CCSCC2)c1. The lowest BCUT2D eigenvalue weighted by Gasteiger charge is -2.23. The number of benzene rings is 1. The molecule has 1 aliphatic heterocycles. The normalized spacial score (nSPS) is 17.0. The summed E-state index contributed by atoms with van der Waals surface area (Å²) in [5.41, 5.74) is 1.80. The molecule has 0 aliphatic carbocycles. The maximum atomic E-state index is 12.6. The van der Waals surface area contributed by atoms with Crippen LogP contribution in [0.3, 0.4) is 0 Å². The van der Waals surface area contributed by atoms with Gasteiger partial charge in [0.2, 0.25) is 10.0 Å². The van der Waals surface area contributed by atoms with Gasteiger partial charge in [0.05, 0.1) is 4.90 Å². The van der Waals surface area contributed by atoms with Crippen molar-refractivity contribution < 1.29 is 8.42 Å². The number of rotatable bonds is 6. The highest BCUT2D eigenvalue weighted by Crippen LogP contribution is 2.21. The van der Waals surface area contributed by atoms with E-state index in [1.807, 2.05) is 37.7 Å². The predicted octanol–water partition coefficient (Wildman–Crippen LogP) is 2.28. The summed E-state index contributed by atoms with van der Waals surface area (Å²) >= 11 is 1.89. The average Bonchev–Trinajstić information content (AvgIpc) is 2.47. The van der Waals surface area contributed by atoms with E-state index in [2.05, 4.69) is 10.0 Å². The molecule has 0 bridgehead atoms. The van der Waals surface area contributed by atoms with Crippen molar-refractivity contribution in [1.82, 2.24) is 10.0 Å². The summed E-state index contributed by atoms with van der Waals surface area (Å²) in [6.45, 7) is 5.45. The van der Waals surface area contributed by atoms with Gasteiger partial charge < -0.3 is 5.32 Å². The van der Waals surface area contributed by atoms with Crippen molar-refractivity contribution in [2.24, 2.45) is 0 Å². The Morgan fingerprint density at radius 2 is 2.00 bits per heavy atom. The van der Waals surface area contributed by atoms with Gasteiger partial charge in [-0.15, -0.1) is 0 Å². The minimum atomic E-state index is -3.43. The van der Waals surface area contributed by atoms with Crippen LogP contribution < -0.4 is 10.0 Å². The Hall–Kier alpha value is -0.560.